The Morgan fingerprint density at radius 3 is 2.24 bits per heavy atom. The van der Waals surface area contributed by atoms with Crippen molar-refractivity contribution >= 4 is 17.2 Å². The van der Waals surface area contributed by atoms with E-state index < -0.39 is 0 Å². The van der Waals surface area contributed by atoms with Gasteiger partial charge >= 0.3 is 0 Å². The molecule has 130 valence electrons. The lowest BCUT2D eigenvalue weighted by Crippen LogP contribution is -2.47. The Labute approximate surface area is 148 Å². The Bertz CT molecular complexity index is 802. The Morgan fingerprint density at radius 2 is 1.68 bits per heavy atom. The van der Waals surface area contributed by atoms with Crippen molar-refractivity contribution in [3.05, 3.63) is 41.1 Å². The minimum Gasteiger partial charge on any atom is -0.497 e. The summed E-state index contributed by atoms with van der Waals surface area (Å²) in [6.07, 6.45) is 0. The molecule has 0 amide bonds. The summed E-state index contributed by atoms with van der Waals surface area (Å²) in [5.41, 5.74) is 10.0. The van der Waals surface area contributed by atoms with Gasteiger partial charge in [0.15, 0.2) is 0 Å². The number of aryl methyl sites for hydroxylation is 1. The monoisotopic (exact) mass is 337 g/mol. The first-order valence-electron chi connectivity index (χ1n) is 8.36. The maximum atomic E-state index is 9.53. The number of piperazine rings is 1. The normalized spacial score (nSPS) is 14.3. The molecule has 3 rings (SSSR count). The third kappa shape index (κ3) is 3.18. The average Bonchev–Trinajstić information content (AvgIpc) is 2.66. The van der Waals surface area contributed by atoms with E-state index in [0.717, 1.165) is 49.0 Å². The van der Waals surface area contributed by atoms with Crippen LogP contribution in [0.3, 0.4) is 0 Å². The van der Waals surface area contributed by atoms with Crippen LogP contribution in [0.1, 0.15) is 16.8 Å². The largest absolute Gasteiger partial charge is 0.497 e. The SMILES string of the molecule is COc1ccc(N2CCN(c3nc(C)c(N)c(C)c3C#N)CC2)cc1. The number of hydrogen-bond donors (Lipinski definition) is 1. The molecule has 2 aromatic rings. The summed E-state index contributed by atoms with van der Waals surface area (Å²) in [5, 5.41) is 9.53. The number of nitrogens with two attached hydrogens (primary N) is 1. The minimum absolute atomic E-state index is 0.584. The zero-order valence-corrected chi connectivity index (χ0v) is 14.9. The number of pyridine rings is 1. The lowest BCUT2D eigenvalue weighted by molar-refractivity contribution is 0.415. The fourth-order valence-corrected chi connectivity index (χ4v) is 3.18. The van der Waals surface area contributed by atoms with Gasteiger partial charge in [0.2, 0.25) is 0 Å². The van der Waals surface area contributed by atoms with Crippen molar-refractivity contribution in [3.63, 3.8) is 0 Å². The lowest BCUT2D eigenvalue weighted by Gasteiger charge is -2.37. The molecular formula is C19H23N5O. The van der Waals surface area contributed by atoms with E-state index in [2.05, 4.69) is 33.0 Å². The molecule has 1 aliphatic rings. The first kappa shape index (κ1) is 16.9. The molecule has 0 saturated carbocycles. The van der Waals surface area contributed by atoms with E-state index >= 15 is 0 Å². The molecule has 0 radical (unpaired) electrons. The molecule has 1 fully saturated rings. The van der Waals surface area contributed by atoms with Crippen molar-refractivity contribution < 1.29 is 4.74 Å². The number of aromatic nitrogens is 1. The molecule has 25 heavy (non-hydrogen) atoms. The van der Waals surface area contributed by atoms with Gasteiger partial charge in [-0.05, 0) is 43.7 Å². The van der Waals surface area contributed by atoms with Crippen LogP contribution in [-0.4, -0.2) is 38.3 Å². The van der Waals surface area contributed by atoms with Crippen LogP contribution < -0.4 is 20.3 Å². The molecule has 2 N–H and O–H groups in total. The van der Waals surface area contributed by atoms with Crippen LogP contribution in [0.25, 0.3) is 0 Å². The van der Waals surface area contributed by atoms with E-state index in [4.69, 9.17) is 10.5 Å². The summed E-state index contributed by atoms with van der Waals surface area (Å²) in [7, 11) is 1.67. The molecule has 0 spiro atoms. The third-order valence-corrected chi connectivity index (χ3v) is 4.79. The smallest absolute Gasteiger partial charge is 0.147 e. The number of nitriles is 1. The van der Waals surface area contributed by atoms with Crippen molar-refractivity contribution in [1.29, 1.82) is 5.26 Å². The summed E-state index contributed by atoms with van der Waals surface area (Å²) in [6, 6.07) is 10.4. The van der Waals surface area contributed by atoms with Crippen LogP contribution in [0, 0.1) is 25.2 Å². The van der Waals surface area contributed by atoms with Crippen molar-refractivity contribution in [2.75, 3.05) is 48.8 Å². The quantitative estimate of drug-likeness (QED) is 0.927. The van der Waals surface area contributed by atoms with Gasteiger partial charge in [-0.3, -0.25) is 0 Å². The fraction of sp³-hybridized carbons (Fsp3) is 0.368. The second-order valence-corrected chi connectivity index (χ2v) is 6.22. The van der Waals surface area contributed by atoms with Crippen LogP contribution in [-0.2, 0) is 0 Å². The summed E-state index contributed by atoms with van der Waals surface area (Å²) < 4.78 is 5.21. The van der Waals surface area contributed by atoms with Crippen molar-refractivity contribution in [2.24, 2.45) is 0 Å². The third-order valence-electron chi connectivity index (χ3n) is 4.79. The average molecular weight is 337 g/mol. The van der Waals surface area contributed by atoms with Gasteiger partial charge in [-0.1, -0.05) is 0 Å². The number of ether oxygens (including phenoxy) is 1. The van der Waals surface area contributed by atoms with Gasteiger partial charge in [0.05, 0.1) is 24.1 Å². The number of benzene rings is 1. The first-order valence-corrected chi connectivity index (χ1v) is 8.36. The summed E-state index contributed by atoms with van der Waals surface area (Å²) in [4.78, 5) is 9.10. The number of methoxy groups -OCH3 is 1. The van der Waals surface area contributed by atoms with Crippen LogP contribution >= 0.6 is 0 Å². The number of anilines is 3. The van der Waals surface area contributed by atoms with Gasteiger partial charge in [-0.15, -0.1) is 0 Å². The molecule has 1 aliphatic heterocycles. The van der Waals surface area contributed by atoms with Gasteiger partial charge in [-0.2, -0.15) is 5.26 Å². The number of hydrogen-bond acceptors (Lipinski definition) is 6. The molecule has 1 aromatic heterocycles. The standard InChI is InChI=1S/C19H23N5O/c1-13-17(12-20)19(22-14(2)18(13)21)24-10-8-23(9-11-24)15-4-6-16(25-3)7-5-15/h4-7H,8-11,21H2,1-3H3. The van der Waals surface area contributed by atoms with Gasteiger partial charge in [0.1, 0.15) is 17.6 Å². The van der Waals surface area contributed by atoms with E-state index in [1.54, 1.807) is 7.11 Å². The summed E-state index contributed by atoms with van der Waals surface area (Å²) >= 11 is 0. The van der Waals surface area contributed by atoms with E-state index in [1.807, 2.05) is 26.0 Å². The molecule has 0 atom stereocenters. The fourth-order valence-electron chi connectivity index (χ4n) is 3.18. The number of rotatable bonds is 3. The van der Waals surface area contributed by atoms with Crippen molar-refractivity contribution in [1.82, 2.24) is 4.98 Å². The van der Waals surface area contributed by atoms with Crippen LogP contribution in [0.4, 0.5) is 17.2 Å². The van der Waals surface area contributed by atoms with E-state index in [0.29, 0.717) is 11.3 Å². The first-order chi connectivity index (χ1) is 12.0. The molecule has 6 nitrogen and oxygen atoms in total. The topological polar surface area (TPSA) is 78.4 Å². The maximum Gasteiger partial charge on any atom is 0.147 e. The number of nitrogen functional groups attached to an aromatic ring is 1. The summed E-state index contributed by atoms with van der Waals surface area (Å²) in [5.74, 6) is 1.61. The minimum atomic E-state index is 0.584. The predicted octanol–water partition coefficient (Wildman–Crippen LogP) is 2.49. The molecule has 1 saturated heterocycles. The molecule has 6 heteroatoms. The second-order valence-electron chi connectivity index (χ2n) is 6.22. The zero-order valence-electron chi connectivity index (χ0n) is 14.9. The van der Waals surface area contributed by atoms with Crippen LogP contribution in [0.5, 0.6) is 5.75 Å². The second kappa shape index (κ2) is 6.89. The maximum absolute atomic E-state index is 9.53. The highest BCUT2D eigenvalue weighted by Gasteiger charge is 2.23. The van der Waals surface area contributed by atoms with Gasteiger partial charge in [0.25, 0.3) is 0 Å². The van der Waals surface area contributed by atoms with Crippen molar-refractivity contribution in [3.8, 4) is 11.8 Å². The van der Waals surface area contributed by atoms with Crippen molar-refractivity contribution in [2.45, 2.75) is 13.8 Å². The van der Waals surface area contributed by atoms with Gasteiger partial charge < -0.3 is 20.3 Å². The number of nitrogens with zero attached hydrogens (tertiary/aromatic N) is 4. The molecule has 0 aliphatic carbocycles. The Kier molecular flexibility index (Phi) is 4.66. The molecular weight excluding hydrogens is 314 g/mol. The molecule has 2 heterocycles. The van der Waals surface area contributed by atoms with E-state index in [9.17, 15) is 5.26 Å². The Hall–Kier alpha value is -2.94. The Balaban J connectivity index is 1.77. The zero-order chi connectivity index (χ0) is 18.0. The van der Waals surface area contributed by atoms with Crippen LogP contribution in [0.2, 0.25) is 0 Å². The van der Waals surface area contributed by atoms with Gasteiger partial charge in [-0.25, -0.2) is 4.98 Å². The lowest BCUT2D eigenvalue weighted by atomic mass is 10.1. The van der Waals surface area contributed by atoms with E-state index in [-0.39, 0.29) is 0 Å². The van der Waals surface area contributed by atoms with Gasteiger partial charge in [0, 0.05) is 31.9 Å². The molecule has 1 aromatic carbocycles. The van der Waals surface area contributed by atoms with Crippen LogP contribution in [0.15, 0.2) is 24.3 Å². The highest BCUT2D eigenvalue weighted by Crippen LogP contribution is 2.29. The van der Waals surface area contributed by atoms with E-state index in [1.165, 1.54) is 5.69 Å². The summed E-state index contributed by atoms with van der Waals surface area (Å²) in [6.45, 7) is 7.16. The molecule has 0 unspecified atom stereocenters. The Morgan fingerprint density at radius 1 is 1.08 bits per heavy atom. The molecule has 0 bridgehead atoms. The predicted molar refractivity (Wildman–Crippen MR) is 100 cm³/mol. The highest BCUT2D eigenvalue weighted by molar-refractivity contribution is 5.67. The highest BCUT2D eigenvalue weighted by atomic mass is 16.5.